The Balaban J connectivity index is 1.84. The molecule has 1 atom stereocenters. The SMILES string of the molecule is COc1ccccc1C(=O)NC(=O)COC(=O)[C@@H](C)Oc1ccc(C(C)(C)C)cc1. The smallest absolute Gasteiger partial charge is 0.347 e. The molecule has 0 saturated heterocycles. The molecule has 0 aromatic heterocycles. The molecule has 7 heteroatoms. The average Bonchev–Trinajstić information content (AvgIpc) is 2.71. The van der Waals surface area contributed by atoms with E-state index in [1.807, 2.05) is 12.1 Å². The van der Waals surface area contributed by atoms with Crippen molar-refractivity contribution < 1.29 is 28.6 Å². The van der Waals surface area contributed by atoms with Crippen molar-refractivity contribution in [2.75, 3.05) is 13.7 Å². The van der Waals surface area contributed by atoms with Crippen molar-refractivity contribution in [1.82, 2.24) is 5.32 Å². The van der Waals surface area contributed by atoms with Crippen LogP contribution in [0.25, 0.3) is 0 Å². The lowest BCUT2D eigenvalue weighted by atomic mass is 9.87. The van der Waals surface area contributed by atoms with Crippen LogP contribution in [-0.4, -0.2) is 37.6 Å². The van der Waals surface area contributed by atoms with Crippen LogP contribution in [0.5, 0.6) is 11.5 Å². The Morgan fingerprint density at radius 3 is 2.23 bits per heavy atom. The molecule has 7 nitrogen and oxygen atoms in total. The summed E-state index contributed by atoms with van der Waals surface area (Å²) in [6, 6.07) is 13.9. The molecule has 0 aliphatic carbocycles. The van der Waals surface area contributed by atoms with E-state index in [9.17, 15) is 14.4 Å². The minimum absolute atomic E-state index is 0.0115. The van der Waals surface area contributed by atoms with Crippen LogP contribution in [-0.2, 0) is 19.7 Å². The Labute approximate surface area is 176 Å². The van der Waals surface area contributed by atoms with E-state index in [4.69, 9.17) is 14.2 Å². The summed E-state index contributed by atoms with van der Waals surface area (Å²) in [7, 11) is 1.42. The first kappa shape index (κ1) is 22.9. The molecule has 1 N–H and O–H groups in total. The zero-order valence-corrected chi connectivity index (χ0v) is 17.9. The van der Waals surface area contributed by atoms with Crippen molar-refractivity contribution in [3.05, 3.63) is 59.7 Å². The number of methoxy groups -OCH3 is 1. The van der Waals surface area contributed by atoms with Crippen molar-refractivity contribution >= 4 is 17.8 Å². The normalized spacial score (nSPS) is 11.9. The highest BCUT2D eigenvalue weighted by Gasteiger charge is 2.20. The monoisotopic (exact) mass is 413 g/mol. The highest BCUT2D eigenvalue weighted by molar-refractivity contribution is 6.06. The number of benzene rings is 2. The summed E-state index contributed by atoms with van der Waals surface area (Å²) in [6.07, 6.45) is -0.914. The fraction of sp³-hybridized carbons (Fsp3) is 0.348. The molecule has 0 fully saturated rings. The standard InChI is InChI=1S/C23H27NO6/c1-15(30-17-12-10-16(11-13-17)23(2,3)4)22(27)29-14-20(25)24-21(26)18-8-6-7-9-19(18)28-5/h6-13,15H,14H2,1-5H3,(H,24,25,26)/t15-/m1/s1. The van der Waals surface area contributed by atoms with Gasteiger partial charge in [0.1, 0.15) is 11.5 Å². The molecular formula is C23H27NO6. The summed E-state index contributed by atoms with van der Waals surface area (Å²) in [5, 5.41) is 2.16. The molecule has 0 unspecified atom stereocenters. The Morgan fingerprint density at radius 1 is 1.00 bits per heavy atom. The van der Waals surface area contributed by atoms with E-state index in [1.165, 1.54) is 20.1 Å². The molecule has 0 spiro atoms. The number of para-hydroxylation sites is 1. The highest BCUT2D eigenvalue weighted by Crippen LogP contribution is 2.24. The minimum atomic E-state index is -0.914. The number of carbonyl (C=O) groups excluding carboxylic acids is 3. The molecule has 0 heterocycles. The fourth-order valence-corrected chi connectivity index (χ4v) is 2.60. The number of esters is 1. The van der Waals surface area contributed by atoms with Crippen LogP contribution in [0.1, 0.15) is 43.6 Å². The van der Waals surface area contributed by atoms with Gasteiger partial charge in [-0.05, 0) is 42.2 Å². The van der Waals surface area contributed by atoms with Gasteiger partial charge >= 0.3 is 5.97 Å². The highest BCUT2D eigenvalue weighted by atomic mass is 16.6. The van der Waals surface area contributed by atoms with E-state index in [0.717, 1.165) is 5.56 Å². The summed E-state index contributed by atoms with van der Waals surface area (Å²) in [4.78, 5) is 36.2. The molecule has 2 rings (SSSR count). The molecule has 2 amide bonds. The van der Waals surface area contributed by atoms with Crippen LogP contribution in [0, 0.1) is 0 Å². The summed E-state index contributed by atoms with van der Waals surface area (Å²) >= 11 is 0. The maximum atomic E-state index is 12.2. The molecule has 160 valence electrons. The van der Waals surface area contributed by atoms with Crippen molar-refractivity contribution in [1.29, 1.82) is 0 Å². The Morgan fingerprint density at radius 2 is 1.63 bits per heavy atom. The molecule has 2 aromatic rings. The van der Waals surface area contributed by atoms with E-state index < -0.39 is 30.5 Å². The van der Waals surface area contributed by atoms with Crippen molar-refractivity contribution in [2.24, 2.45) is 0 Å². The third-order valence-electron chi connectivity index (χ3n) is 4.32. The number of hydrogen-bond acceptors (Lipinski definition) is 6. The quantitative estimate of drug-likeness (QED) is 0.701. The minimum Gasteiger partial charge on any atom is -0.496 e. The Hall–Kier alpha value is -3.35. The number of rotatable bonds is 7. The van der Waals surface area contributed by atoms with E-state index in [2.05, 4.69) is 26.1 Å². The first-order valence-electron chi connectivity index (χ1n) is 9.53. The number of imide groups is 1. The van der Waals surface area contributed by atoms with Gasteiger partial charge in [0.25, 0.3) is 11.8 Å². The summed E-state index contributed by atoms with van der Waals surface area (Å²) in [5.41, 5.74) is 1.36. The van der Waals surface area contributed by atoms with Crippen LogP contribution in [0.15, 0.2) is 48.5 Å². The molecule has 0 aliphatic heterocycles. The predicted molar refractivity (Wildman–Crippen MR) is 112 cm³/mol. The molecule has 2 aromatic carbocycles. The Kier molecular flexibility index (Phi) is 7.58. The molecule has 0 aliphatic rings. The van der Waals surface area contributed by atoms with Crippen LogP contribution >= 0.6 is 0 Å². The van der Waals surface area contributed by atoms with Gasteiger partial charge in [0, 0.05) is 0 Å². The van der Waals surface area contributed by atoms with Gasteiger partial charge in [-0.25, -0.2) is 4.79 Å². The van der Waals surface area contributed by atoms with Gasteiger partial charge in [-0.3, -0.25) is 14.9 Å². The average molecular weight is 413 g/mol. The van der Waals surface area contributed by atoms with Gasteiger partial charge in [-0.15, -0.1) is 0 Å². The molecular weight excluding hydrogens is 386 g/mol. The second-order valence-electron chi connectivity index (χ2n) is 7.72. The van der Waals surface area contributed by atoms with Crippen LogP contribution in [0.4, 0.5) is 0 Å². The van der Waals surface area contributed by atoms with E-state index in [0.29, 0.717) is 11.5 Å². The number of nitrogens with one attached hydrogen (secondary N) is 1. The lowest BCUT2D eigenvalue weighted by molar-refractivity contribution is -0.154. The third kappa shape index (κ3) is 6.34. The summed E-state index contributed by atoms with van der Waals surface area (Å²) in [6.45, 7) is 7.24. The number of amides is 2. The summed E-state index contributed by atoms with van der Waals surface area (Å²) in [5.74, 6) is -1.25. The lowest BCUT2D eigenvalue weighted by Gasteiger charge is -2.20. The van der Waals surface area contributed by atoms with Gasteiger partial charge in [0.2, 0.25) is 0 Å². The predicted octanol–water partition coefficient (Wildman–Crippen LogP) is 3.26. The van der Waals surface area contributed by atoms with Gasteiger partial charge in [-0.2, -0.15) is 0 Å². The third-order valence-corrected chi connectivity index (χ3v) is 4.32. The van der Waals surface area contributed by atoms with E-state index in [-0.39, 0.29) is 11.0 Å². The second kappa shape index (κ2) is 9.91. The van der Waals surface area contributed by atoms with Crippen molar-refractivity contribution in [2.45, 2.75) is 39.2 Å². The molecule has 0 saturated carbocycles. The van der Waals surface area contributed by atoms with Gasteiger partial charge in [-0.1, -0.05) is 45.0 Å². The topological polar surface area (TPSA) is 90.9 Å². The largest absolute Gasteiger partial charge is 0.496 e. The van der Waals surface area contributed by atoms with Gasteiger partial charge in [0.15, 0.2) is 12.7 Å². The first-order valence-corrected chi connectivity index (χ1v) is 9.53. The zero-order chi connectivity index (χ0) is 22.3. The first-order chi connectivity index (χ1) is 14.1. The summed E-state index contributed by atoms with van der Waals surface area (Å²) < 4.78 is 15.6. The maximum absolute atomic E-state index is 12.2. The van der Waals surface area contributed by atoms with E-state index >= 15 is 0 Å². The maximum Gasteiger partial charge on any atom is 0.347 e. The van der Waals surface area contributed by atoms with E-state index in [1.54, 1.807) is 30.3 Å². The number of carbonyl (C=O) groups is 3. The molecule has 30 heavy (non-hydrogen) atoms. The Bertz CT molecular complexity index is 899. The zero-order valence-electron chi connectivity index (χ0n) is 17.9. The fourth-order valence-electron chi connectivity index (χ4n) is 2.60. The molecule has 0 bridgehead atoms. The second-order valence-corrected chi connectivity index (χ2v) is 7.72. The van der Waals surface area contributed by atoms with Crippen molar-refractivity contribution in [3.63, 3.8) is 0 Å². The molecule has 0 radical (unpaired) electrons. The lowest BCUT2D eigenvalue weighted by Crippen LogP contribution is -2.36. The van der Waals surface area contributed by atoms with Gasteiger partial charge in [0.05, 0.1) is 12.7 Å². The van der Waals surface area contributed by atoms with Crippen LogP contribution < -0.4 is 14.8 Å². The number of ether oxygens (including phenoxy) is 3. The van der Waals surface area contributed by atoms with Crippen molar-refractivity contribution in [3.8, 4) is 11.5 Å². The number of hydrogen-bond donors (Lipinski definition) is 1. The van der Waals surface area contributed by atoms with Crippen LogP contribution in [0.2, 0.25) is 0 Å². The van der Waals surface area contributed by atoms with Crippen LogP contribution in [0.3, 0.4) is 0 Å². The van der Waals surface area contributed by atoms with Gasteiger partial charge < -0.3 is 14.2 Å².